The highest BCUT2D eigenvalue weighted by Crippen LogP contribution is 2.46. The van der Waals surface area contributed by atoms with E-state index in [1.54, 1.807) is 45.9 Å². The number of Topliss-reactive ketones (excluding diaryl/α,β-unsaturated/α-hetero) is 3. The highest BCUT2D eigenvalue weighted by Gasteiger charge is 2.59. The molecule has 7 heteroatoms. The van der Waals surface area contributed by atoms with Gasteiger partial charge in [-0.05, 0) is 52.8 Å². The lowest BCUT2D eigenvalue weighted by Gasteiger charge is -2.40. The van der Waals surface area contributed by atoms with Crippen LogP contribution >= 0.6 is 34.5 Å². The quantitative estimate of drug-likeness (QED) is 0.615. The maximum Gasteiger partial charge on any atom is 0.162 e. The minimum absolute atomic E-state index is 0.352. The van der Waals surface area contributed by atoms with Crippen molar-refractivity contribution in [2.75, 3.05) is 0 Å². The van der Waals surface area contributed by atoms with Gasteiger partial charge in [0.15, 0.2) is 17.3 Å². The first-order valence-electron chi connectivity index (χ1n) is 8.45. The predicted octanol–water partition coefficient (Wildman–Crippen LogP) is 5.28. The molecule has 0 spiro atoms. The van der Waals surface area contributed by atoms with Crippen LogP contribution < -0.4 is 0 Å². The van der Waals surface area contributed by atoms with E-state index in [2.05, 4.69) is 4.98 Å². The average Bonchev–Trinajstić information content (AvgIpc) is 2.94. The molecule has 0 bridgehead atoms. The molecule has 1 aliphatic carbocycles. The van der Waals surface area contributed by atoms with Crippen molar-refractivity contribution in [3.8, 4) is 10.6 Å². The van der Waals surface area contributed by atoms with Crippen molar-refractivity contribution in [1.29, 1.82) is 0 Å². The van der Waals surface area contributed by atoms with E-state index in [-0.39, 0.29) is 5.78 Å². The molecule has 1 aromatic carbocycles. The number of benzene rings is 1. The van der Waals surface area contributed by atoms with Crippen molar-refractivity contribution in [3.63, 3.8) is 0 Å². The van der Waals surface area contributed by atoms with Crippen LogP contribution in [0.3, 0.4) is 0 Å². The molecule has 27 heavy (non-hydrogen) atoms. The maximum atomic E-state index is 13.0. The number of halogens is 2. The highest BCUT2D eigenvalue weighted by molar-refractivity contribution is 7.15. The second-order valence-corrected chi connectivity index (χ2v) is 9.87. The van der Waals surface area contributed by atoms with Crippen LogP contribution in [0, 0.1) is 17.8 Å². The van der Waals surface area contributed by atoms with Crippen molar-refractivity contribution >= 4 is 51.9 Å². The van der Waals surface area contributed by atoms with Crippen LogP contribution in [0.25, 0.3) is 10.6 Å². The third-order valence-electron chi connectivity index (χ3n) is 5.16. The van der Waals surface area contributed by atoms with Gasteiger partial charge in [-0.1, -0.05) is 23.2 Å². The van der Waals surface area contributed by atoms with Crippen LogP contribution in [0.15, 0.2) is 18.2 Å². The molecule has 3 rings (SSSR count). The molecule has 0 unspecified atom stereocenters. The van der Waals surface area contributed by atoms with Gasteiger partial charge in [0.1, 0.15) is 10.9 Å². The Hall–Kier alpha value is -1.56. The number of rotatable bonds is 2. The van der Waals surface area contributed by atoms with E-state index in [9.17, 15) is 14.4 Å². The Morgan fingerprint density at radius 2 is 1.56 bits per heavy atom. The van der Waals surface area contributed by atoms with Gasteiger partial charge in [-0.2, -0.15) is 0 Å². The molecule has 0 aliphatic heterocycles. The lowest BCUT2D eigenvalue weighted by atomic mass is 9.58. The maximum absolute atomic E-state index is 13.0. The molecule has 1 aromatic heterocycles. The normalized spacial score (nSPS) is 19.6. The van der Waals surface area contributed by atoms with Crippen LogP contribution in [0.2, 0.25) is 10.0 Å². The molecular weight excluding hydrogens is 405 g/mol. The molecule has 0 saturated heterocycles. The van der Waals surface area contributed by atoms with Gasteiger partial charge < -0.3 is 0 Å². The third kappa shape index (κ3) is 3.06. The molecule has 0 amide bonds. The van der Waals surface area contributed by atoms with E-state index in [0.29, 0.717) is 26.3 Å². The van der Waals surface area contributed by atoms with Gasteiger partial charge in [0.2, 0.25) is 0 Å². The summed E-state index contributed by atoms with van der Waals surface area (Å²) in [4.78, 5) is 44.1. The fraction of sp³-hybridized carbons (Fsp3) is 0.400. The summed E-state index contributed by atoms with van der Waals surface area (Å²) in [6, 6.07) is 5.09. The molecule has 0 N–H and O–H groups in total. The Morgan fingerprint density at radius 1 is 1.00 bits per heavy atom. The monoisotopic (exact) mass is 423 g/mol. The molecule has 1 heterocycles. The summed E-state index contributed by atoms with van der Waals surface area (Å²) in [6.07, 6.45) is 0. The SMILES string of the molecule is Cc1sc(-c2ccc(Cl)cc2Cl)nc1C1C(=O)C(C)(C)C(=O)C(C)(C)C1=O. The smallest absolute Gasteiger partial charge is 0.162 e. The zero-order valence-electron chi connectivity index (χ0n) is 15.6. The van der Waals surface area contributed by atoms with Gasteiger partial charge in [0, 0.05) is 15.5 Å². The van der Waals surface area contributed by atoms with Gasteiger partial charge in [-0.3, -0.25) is 14.4 Å². The van der Waals surface area contributed by atoms with Crippen molar-refractivity contribution in [2.24, 2.45) is 10.8 Å². The van der Waals surface area contributed by atoms with Gasteiger partial charge in [-0.25, -0.2) is 4.98 Å². The number of ketones is 3. The van der Waals surface area contributed by atoms with Crippen molar-refractivity contribution in [1.82, 2.24) is 4.98 Å². The third-order valence-corrected chi connectivity index (χ3v) is 6.73. The summed E-state index contributed by atoms with van der Waals surface area (Å²) >= 11 is 13.6. The van der Waals surface area contributed by atoms with Gasteiger partial charge in [0.25, 0.3) is 0 Å². The van der Waals surface area contributed by atoms with E-state index in [1.165, 1.54) is 11.3 Å². The molecule has 1 fully saturated rings. The minimum atomic E-state index is -1.24. The number of nitrogens with zero attached hydrogens (tertiary/aromatic N) is 1. The lowest BCUT2D eigenvalue weighted by molar-refractivity contribution is -0.157. The van der Waals surface area contributed by atoms with Gasteiger partial charge in [-0.15, -0.1) is 11.3 Å². The first kappa shape index (κ1) is 20.2. The van der Waals surface area contributed by atoms with E-state index in [4.69, 9.17) is 23.2 Å². The molecule has 2 aromatic rings. The van der Waals surface area contributed by atoms with Crippen molar-refractivity contribution < 1.29 is 14.4 Å². The lowest BCUT2D eigenvalue weighted by Crippen LogP contribution is -2.56. The Kier molecular flexibility index (Phi) is 4.86. The number of hydrogen-bond donors (Lipinski definition) is 0. The standard InChI is InChI=1S/C20H19Cl2NO3S/c1-9-14(23-17(27-9)11-7-6-10(21)8-12(11)22)13-15(24)19(2,3)18(26)20(4,5)16(13)25/h6-8,13H,1-5H3. The van der Waals surface area contributed by atoms with Crippen LogP contribution in [0.4, 0.5) is 0 Å². The summed E-state index contributed by atoms with van der Waals surface area (Å²) in [5.41, 5.74) is -1.39. The predicted molar refractivity (Wildman–Crippen MR) is 108 cm³/mol. The van der Waals surface area contributed by atoms with Crippen molar-refractivity contribution in [2.45, 2.75) is 40.5 Å². The molecule has 142 valence electrons. The van der Waals surface area contributed by atoms with Gasteiger partial charge >= 0.3 is 0 Å². The number of carbonyl (C=O) groups excluding carboxylic acids is 3. The number of carbonyl (C=O) groups is 3. The molecule has 0 atom stereocenters. The molecule has 1 aliphatic rings. The average molecular weight is 424 g/mol. The summed E-state index contributed by atoms with van der Waals surface area (Å²) in [5.74, 6) is -2.21. The molecular formula is C20H19Cl2NO3S. The molecule has 4 nitrogen and oxygen atoms in total. The van der Waals surface area contributed by atoms with Crippen LogP contribution in [-0.2, 0) is 14.4 Å². The van der Waals surface area contributed by atoms with Gasteiger partial charge in [0.05, 0.1) is 21.5 Å². The summed E-state index contributed by atoms with van der Waals surface area (Å²) in [5, 5.41) is 1.56. The van der Waals surface area contributed by atoms with E-state index < -0.39 is 28.3 Å². The highest BCUT2D eigenvalue weighted by atomic mass is 35.5. The number of aryl methyl sites for hydroxylation is 1. The summed E-state index contributed by atoms with van der Waals surface area (Å²) < 4.78 is 0. The number of thiazole rings is 1. The van der Waals surface area contributed by atoms with Crippen LogP contribution in [0.5, 0.6) is 0 Å². The van der Waals surface area contributed by atoms with E-state index >= 15 is 0 Å². The largest absolute Gasteiger partial charge is 0.298 e. The molecule has 1 saturated carbocycles. The Morgan fingerprint density at radius 3 is 2.07 bits per heavy atom. The fourth-order valence-corrected chi connectivity index (χ4v) is 5.09. The van der Waals surface area contributed by atoms with E-state index in [1.807, 2.05) is 6.92 Å². The second kappa shape index (κ2) is 6.50. The van der Waals surface area contributed by atoms with Crippen molar-refractivity contribution in [3.05, 3.63) is 38.8 Å². The van der Waals surface area contributed by atoms with Crippen LogP contribution in [0.1, 0.15) is 44.2 Å². The zero-order chi connectivity index (χ0) is 20.3. The fourth-order valence-electron chi connectivity index (χ4n) is 3.55. The Balaban J connectivity index is 2.14. The Labute approximate surface area is 171 Å². The first-order chi connectivity index (χ1) is 12.4. The number of hydrogen-bond acceptors (Lipinski definition) is 5. The van der Waals surface area contributed by atoms with Crippen LogP contribution in [-0.4, -0.2) is 22.3 Å². The minimum Gasteiger partial charge on any atom is -0.298 e. The first-order valence-corrected chi connectivity index (χ1v) is 10.0. The topological polar surface area (TPSA) is 64.1 Å². The van der Waals surface area contributed by atoms with E-state index in [0.717, 1.165) is 4.88 Å². The summed E-state index contributed by atoms with van der Waals surface area (Å²) in [6.45, 7) is 8.14. The zero-order valence-corrected chi connectivity index (χ0v) is 18.0. The molecule has 0 radical (unpaired) electrons. The Bertz CT molecular complexity index is 961. The second-order valence-electron chi connectivity index (χ2n) is 7.83. The number of aromatic nitrogens is 1. The summed E-state index contributed by atoms with van der Waals surface area (Å²) in [7, 11) is 0.